The average Bonchev–Trinajstić information content (AvgIpc) is 3.31. The number of nitrogens with zero attached hydrogens (tertiary/aromatic N) is 5. The van der Waals surface area contributed by atoms with Gasteiger partial charge in [0.25, 0.3) is 0 Å². The summed E-state index contributed by atoms with van der Waals surface area (Å²) in [7, 11) is 0. The fourth-order valence-electron chi connectivity index (χ4n) is 3.06. The molecule has 7 nitrogen and oxygen atoms in total. The van der Waals surface area contributed by atoms with Crippen molar-refractivity contribution in [3.05, 3.63) is 77.5 Å². The molecule has 0 spiro atoms. The van der Waals surface area contributed by atoms with Crippen molar-refractivity contribution in [2.75, 3.05) is 11.9 Å². The van der Waals surface area contributed by atoms with Gasteiger partial charge in [0.15, 0.2) is 11.5 Å². The number of rotatable bonds is 7. The first-order valence-corrected chi connectivity index (χ1v) is 10.3. The number of aromatic nitrogens is 5. The minimum absolute atomic E-state index is 0.0575. The van der Waals surface area contributed by atoms with Crippen LogP contribution in [0.5, 0.6) is 0 Å². The molecule has 1 N–H and O–H groups in total. The Labute approximate surface area is 196 Å². The van der Waals surface area contributed by atoms with Crippen molar-refractivity contribution in [3.63, 3.8) is 0 Å². The lowest BCUT2D eigenvalue weighted by molar-refractivity contribution is -0.140. The van der Waals surface area contributed by atoms with Gasteiger partial charge in [-0.05, 0) is 36.8 Å². The molecule has 4 aromatic rings. The van der Waals surface area contributed by atoms with Crippen molar-refractivity contribution in [3.8, 4) is 16.9 Å². The van der Waals surface area contributed by atoms with E-state index in [0.717, 1.165) is 22.7 Å². The van der Waals surface area contributed by atoms with Crippen LogP contribution < -0.4 is 5.32 Å². The lowest BCUT2D eigenvalue weighted by atomic mass is 10.1. The molecule has 0 atom stereocenters. The molecule has 0 radical (unpaired) electrons. The highest BCUT2D eigenvalue weighted by atomic mass is 35.5. The van der Waals surface area contributed by atoms with Crippen LogP contribution in [0.3, 0.4) is 0 Å². The summed E-state index contributed by atoms with van der Waals surface area (Å²) < 4.78 is 59.5. The minimum Gasteiger partial charge on any atom is -0.377 e. The number of hydrogen-bond acceptors (Lipinski definition) is 6. The molecule has 4 rings (SSSR count). The van der Waals surface area contributed by atoms with Gasteiger partial charge >= 0.3 is 6.18 Å². The maximum atomic E-state index is 13.5. The quantitative estimate of drug-likeness (QED) is 0.328. The van der Waals surface area contributed by atoms with E-state index in [4.69, 9.17) is 16.3 Å². The summed E-state index contributed by atoms with van der Waals surface area (Å²) in [6, 6.07) is 5.73. The van der Waals surface area contributed by atoms with Gasteiger partial charge < -0.3 is 10.1 Å². The highest BCUT2D eigenvalue weighted by Crippen LogP contribution is 2.31. The minimum atomic E-state index is -4.62. The molecular weight excluding hydrogens is 476 g/mol. The number of benzene rings is 1. The molecule has 0 saturated carbocycles. The van der Waals surface area contributed by atoms with Gasteiger partial charge in [0.1, 0.15) is 12.1 Å². The zero-order valence-electron chi connectivity index (χ0n) is 17.6. The molecule has 0 aliphatic rings. The van der Waals surface area contributed by atoms with Gasteiger partial charge in [-0.25, -0.2) is 14.4 Å². The molecule has 0 bridgehead atoms. The van der Waals surface area contributed by atoms with Crippen LogP contribution in [-0.4, -0.2) is 31.1 Å². The van der Waals surface area contributed by atoms with E-state index < -0.39 is 17.7 Å². The third kappa shape index (κ3) is 5.32. The van der Waals surface area contributed by atoms with Gasteiger partial charge in [-0.1, -0.05) is 11.6 Å². The van der Waals surface area contributed by atoms with Gasteiger partial charge in [0.05, 0.1) is 11.6 Å². The van der Waals surface area contributed by atoms with E-state index in [-0.39, 0.29) is 16.8 Å². The lowest BCUT2D eigenvalue weighted by Gasteiger charge is -2.13. The second-order valence-corrected chi connectivity index (χ2v) is 7.47. The van der Waals surface area contributed by atoms with Crippen LogP contribution >= 0.6 is 11.6 Å². The molecule has 34 heavy (non-hydrogen) atoms. The molecule has 0 unspecified atom stereocenters. The summed E-state index contributed by atoms with van der Waals surface area (Å²) in [4.78, 5) is 16.3. The maximum absolute atomic E-state index is 13.5. The highest BCUT2D eigenvalue weighted by Gasteiger charge is 2.34. The summed E-state index contributed by atoms with van der Waals surface area (Å²) in [6.45, 7) is 2.70. The molecule has 0 saturated heterocycles. The molecule has 3 heterocycles. The first-order chi connectivity index (χ1) is 16.2. The van der Waals surface area contributed by atoms with Crippen LogP contribution in [-0.2, 0) is 17.5 Å². The number of alkyl halides is 3. The van der Waals surface area contributed by atoms with E-state index in [1.54, 1.807) is 18.5 Å². The molecule has 12 heteroatoms. The Bertz CT molecular complexity index is 1310. The molecular formula is C22H17ClF4N6O. The first kappa shape index (κ1) is 23.6. The Morgan fingerprint density at radius 2 is 1.94 bits per heavy atom. The second kappa shape index (κ2) is 9.74. The fourth-order valence-corrected chi connectivity index (χ4v) is 3.24. The van der Waals surface area contributed by atoms with Gasteiger partial charge in [-0.15, -0.1) is 0 Å². The zero-order valence-corrected chi connectivity index (χ0v) is 18.4. The van der Waals surface area contributed by atoms with Crippen molar-refractivity contribution in [2.45, 2.75) is 19.7 Å². The van der Waals surface area contributed by atoms with Crippen LogP contribution in [0.15, 0.2) is 55.4 Å². The van der Waals surface area contributed by atoms with Crippen molar-refractivity contribution < 1.29 is 22.3 Å². The third-order valence-corrected chi connectivity index (χ3v) is 4.93. The molecule has 0 fully saturated rings. The number of anilines is 2. The molecule has 3 aromatic heterocycles. The molecule has 0 amide bonds. The number of imidazole rings is 1. The van der Waals surface area contributed by atoms with E-state index in [9.17, 15) is 17.6 Å². The molecule has 0 aliphatic carbocycles. The number of ether oxygens (including phenoxy) is 1. The summed E-state index contributed by atoms with van der Waals surface area (Å²) in [6.07, 6.45) is 1.86. The molecule has 176 valence electrons. The van der Waals surface area contributed by atoms with E-state index in [2.05, 4.69) is 25.3 Å². The number of nitrogens with one attached hydrogen (secondary N) is 1. The standard InChI is InChI=1S/C22H17ClF4N6O/c1-2-34-11-13-5-14(8-28-7-13)16-9-29-21(31-15-3-4-18(24)17(23)6-15)32-20(16)33-10-19(30-12-33)22(25,26)27/h3-10,12H,2,11H2,1H3,(H,29,31,32). The van der Waals surface area contributed by atoms with Gasteiger partial charge in [-0.2, -0.15) is 18.2 Å². The lowest BCUT2D eigenvalue weighted by Crippen LogP contribution is -2.06. The van der Waals surface area contributed by atoms with E-state index in [0.29, 0.717) is 30.0 Å². The van der Waals surface area contributed by atoms with Crippen LogP contribution in [0.25, 0.3) is 16.9 Å². The van der Waals surface area contributed by atoms with E-state index in [1.807, 2.05) is 6.92 Å². The number of halogens is 5. The van der Waals surface area contributed by atoms with Crippen LogP contribution in [0, 0.1) is 5.82 Å². The maximum Gasteiger partial charge on any atom is 0.434 e. The van der Waals surface area contributed by atoms with E-state index in [1.165, 1.54) is 24.4 Å². The predicted molar refractivity (Wildman–Crippen MR) is 117 cm³/mol. The summed E-state index contributed by atoms with van der Waals surface area (Å²) >= 11 is 5.82. The molecule has 0 aliphatic heterocycles. The Hall–Kier alpha value is -3.57. The van der Waals surface area contributed by atoms with Crippen molar-refractivity contribution in [1.29, 1.82) is 0 Å². The average molecular weight is 493 g/mol. The summed E-state index contributed by atoms with van der Waals surface area (Å²) in [5.41, 5.74) is 1.09. The fraction of sp³-hybridized carbons (Fsp3) is 0.182. The predicted octanol–water partition coefficient (Wildman–Crippen LogP) is 5.82. The van der Waals surface area contributed by atoms with Crippen LogP contribution in [0.2, 0.25) is 5.02 Å². The third-order valence-electron chi connectivity index (χ3n) is 4.64. The number of pyridine rings is 1. The Morgan fingerprint density at radius 3 is 2.65 bits per heavy atom. The number of hydrogen-bond donors (Lipinski definition) is 1. The Morgan fingerprint density at radius 1 is 1.12 bits per heavy atom. The van der Waals surface area contributed by atoms with Gasteiger partial charge in [0, 0.05) is 48.2 Å². The molecule has 1 aromatic carbocycles. The Balaban J connectivity index is 1.78. The summed E-state index contributed by atoms with van der Waals surface area (Å²) in [5.74, 6) is -0.409. The van der Waals surface area contributed by atoms with Gasteiger partial charge in [-0.3, -0.25) is 9.55 Å². The van der Waals surface area contributed by atoms with Gasteiger partial charge in [0.2, 0.25) is 5.95 Å². The van der Waals surface area contributed by atoms with Crippen molar-refractivity contribution in [2.24, 2.45) is 0 Å². The second-order valence-electron chi connectivity index (χ2n) is 7.07. The zero-order chi connectivity index (χ0) is 24.3. The monoisotopic (exact) mass is 492 g/mol. The normalized spacial score (nSPS) is 11.6. The topological polar surface area (TPSA) is 77.8 Å². The SMILES string of the molecule is CCOCc1cncc(-c2cnc(Nc3ccc(F)c(Cl)c3)nc2-n2cnc(C(F)(F)F)c2)c1. The highest BCUT2D eigenvalue weighted by molar-refractivity contribution is 6.31. The largest absolute Gasteiger partial charge is 0.434 e. The summed E-state index contributed by atoms with van der Waals surface area (Å²) in [5, 5.41) is 2.76. The first-order valence-electron chi connectivity index (χ1n) is 9.97. The van der Waals surface area contributed by atoms with E-state index >= 15 is 0 Å². The van der Waals surface area contributed by atoms with Crippen LogP contribution in [0.4, 0.5) is 29.2 Å². The van der Waals surface area contributed by atoms with Crippen molar-refractivity contribution >= 4 is 23.2 Å². The van der Waals surface area contributed by atoms with Crippen LogP contribution in [0.1, 0.15) is 18.2 Å². The Kier molecular flexibility index (Phi) is 6.75. The van der Waals surface area contributed by atoms with Crippen molar-refractivity contribution in [1.82, 2.24) is 24.5 Å². The smallest absolute Gasteiger partial charge is 0.377 e.